The predicted molar refractivity (Wildman–Crippen MR) is 166 cm³/mol. The van der Waals surface area contributed by atoms with Crippen molar-refractivity contribution in [3.63, 3.8) is 0 Å². The molecular weight excluding hydrogens is 563 g/mol. The Morgan fingerprint density at radius 3 is 2.38 bits per heavy atom. The minimum absolute atomic E-state index is 0.140. The lowest BCUT2D eigenvalue weighted by atomic mass is 9.91. The van der Waals surface area contributed by atoms with Gasteiger partial charge in [-0.1, -0.05) is 71.7 Å². The second-order valence-electron chi connectivity index (χ2n) is 9.75. The van der Waals surface area contributed by atoms with Crippen molar-refractivity contribution < 1.29 is 9.53 Å². The van der Waals surface area contributed by atoms with E-state index >= 15 is 0 Å². The molecule has 9 heteroatoms. The van der Waals surface area contributed by atoms with Crippen LogP contribution in [0.5, 0.6) is 5.75 Å². The van der Waals surface area contributed by atoms with Crippen molar-refractivity contribution >= 4 is 50.9 Å². The van der Waals surface area contributed by atoms with E-state index in [-0.39, 0.29) is 5.91 Å². The predicted octanol–water partition coefficient (Wildman–Crippen LogP) is 6.63. The summed E-state index contributed by atoms with van der Waals surface area (Å²) in [4.78, 5) is 24.0. The number of benzene rings is 3. The standard InChI is InChI=1S/C31H30Cl2N4O2S/c1-36(2)17-16-34-30(38)28-25(18-20-8-5-4-6-9-20)35-31-37(29(28)21-12-14-22(39-3)15-13-21)19-26(40-31)27-23(32)10-7-11-24(27)33/h4-15,19,29H,16-18H2,1-3H3,(H,34,38). The Morgan fingerprint density at radius 1 is 1.02 bits per heavy atom. The van der Waals surface area contributed by atoms with E-state index in [1.165, 1.54) is 11.8 Å². The van der Waals surface area contributed by atoms with Crippen LogP contribution in [0.15, 0.2) is 95.3 Å². The molecule has 2 heterocycles. The first kappa shape index (κ1) is 28.3. The second-order valence-corrected chi connectivity index (χ2v) is 11.6. The van der Waals surface area contributed by atoms with Crippen molar-refractivity contribution in [3.8, 4) is 5.75 Å². The average molecular weight is 594 g/mol. The Labute approximate surface area is 249 Å². The van der Waals surface area contributed by atoms with Crippen LogP contribution in [0, 0.1) is 0 Å². The second kappa shape index (κ2) is 12.5. The number of halogens is 2. The number of hydrogen-bond acceptors (Lipinski definition) is 6. The van der Waals surface area contributed by atoms with Gasteiger partial charge in [-0.25, -0.2) is 4.99 Å². The van der Waals surface area contributed by atoms with E-state index in [0.29, 0.717) is 28.6 Å². The van der Waals surface area contributed by atoms with Crippen molar-refractivity contribution in [1.82, 2.24) is 15.1 Å². The largest absolute Gasteiger partial charge is 0.497 e. The normalized spacial score (nSPS) is 16.6. The monoisotopic (exact) mass is 592 g/mol. The topological polar surface area (TPSA) is 57.2 Å². The van der Waals surface area contributed by atoms with Crippen LogP contribution in [-0.2, 0) is 11.2 Å². The van der Waals surface area contributed by atoms with Crippen molar-refractivity contribution in [2.24, 2.45) is 4.99 Å². The van der Waals surface area contributed by atoms with E-state index in [4.69, 9.17) is 32.9 Å². The molecule has 206 valence electrons. The summed E-state index contributed by atoms with van der Waals surface area (Å²) in [6.07, 6.45) is 2.52. The number of likely N-dealkylation sites (N-methyl/N-ethyl adjacent to an activating group) is 1. The lowest BCUT2D eigenvalue weighted by Crippen LogP contribution is -2.40. The zero-order valence-electron chi connectivity index (χ0n) is 22.5. The van der Waals surface area contributed by atoms with Crippen LogP contribution in [0.2, 0.25) is 10.0 Å². The number of amides is 1. The number of amidine groups is 1. The molecule has 0 spiro atoms. The van der Waals surface area contributed by atoms with Crippen LogP contribution in [0.1, 0.15) is 22.7 Å². The number of allylic oxidation sites excluding steroid dienone is 1. The van der Waals surface area contributed by atoms with Crippen molar-refractivity contribution in [3.05, 3.63) is 117 Å². The number of thioether (sulfide) groups is 1. The van der Waals surface area contributed by atoms with Gasteiger partial charge in [0.1, 0.15) is 5.75 Å². The fourth-order valence-electron chi connectivity index (χ4n) is 4.73. The molecule has 1 N–H and O–H groups in total. The summed E-state index contributed by atoms with van der Waals surface area (Å²) in [5.74, 6) is 0.604. The van der Waals surface area contributed by atoms with Crippen molar-refractivity contribution in [2.45, 2.75) is 12.5 Å². The molecule has 0 fully saturated rings. The molecule has 0 aliphatic carbocycles. The molecule has 3 aromatic carbocycles. The van der Waals surface area contributed by atoms with Crippen LogP contribution in [-0.4, -0.2) is 55.2 Å². The fourth-order valence-corrected chi connectivity index (χ4v) is 6.54. The highest BCUT2D eigenvalue weighted by atomic mass is 35.5. The summed E-state index contributed by atoms with van der Waals surface area (Å²) in [6, 6.07) is 23.0. The van der Waals surface area contributed by atoms with E-state index in [0.717, 1.165) is 44.8 Å². The molecule has 0 radical (unpaired) electrons. The molecule has 3 aromatic rings. The molecule has 0 aromatic heterocycles. The molecule has 5 rings (SSSR count). The quantitative estimate of drug-likeness (QED) is 0.302. The Balaban J connectivity index is 1.64. The van der Waals surface area contributed by atoms with Crippen molar-refractivity contribution in [2.75, 3.05) is 34.3 Å². The molecule has 2 aliphatic heterocycles. The van der Waals surface area contributed by atoms with E-state index in [1.54, 1.807) is 7.11 Å². The third-order valence-electron chi connectivity index (χ3n) is 6.72. The summed E-state index contributed by atoms with van der Waals surface area (Å²) < 4.78 is 5.42. The summed E-state index contributed by atoms with van der Waals surface area (Å²) in [5.41, 5.74) is 4.11. The zero-order valence-corrected chi connectivity index (χ0v) is 24.9. The SMILES string of the molecule is COc1ccc(C2C(C(=O)NCCN(C)C)=C(Cc3ccccc3)N=C3SC(c4c(Cl)cccc4Cl)=CN32)cc1. The third kappa shape index (κ3) is 6.08. The molecule has 0 saturated carbocycles. The maximum absolute atomic E-state index is 14.0. The van der Waals surface area contributed by atoms with Gasteiger partial charge >= 0.3 is 0 Å². The molecule has 0 saturated heterocycles. The molecule has 0 bridgehead atoms. The van der Waals surface area contributed by atoms with Crippen LogP contribution in [0.3, 0.4) is 0 Å². The van der Waals surface area contributed by atoms with Gasteiger partial charge in [0.15, 0.2) is 5.17 Å². The van der Waals surface area contributed by atoms with Crippen molar-refractivity contribution in [1.29, 1.82) is 0 Å². The van der Waals surface area contributed by atoms with Crippen LogP contribution < -0.4 is 10.1 Å². The zero-order chi connectivity index (χ0) is 28.2. The summed E-state index contributed by atoms with van der Waals surface area (Å²) in [5, 5.41) is 5.02. The highest BCUT2D eigenvalue weighted by Gasteiger charge is 2.40. The van der Waals surface area contributed by atoms with Crippen LogP contribution in [0.25, 0.3) is 4.91 Å². The van der Waals surface area contributed by atoms with Gasteiger partial charge in [0.05, 0.1) is 34.5 Å². The maximum Gasteiger partial charge on any atom is 0.251 e. The number of aliphatic imine (C=N–C) groups is 1. The van der Waals surface area contributed by atoms with E-state index in [1.807, 2.05) is 85.9 Å². The number of carbonyl (C=O) groups is 1. The van der Waals surface area contributed by atoms with Gasteiger partial charge < -0.3 is 19.9 Å². The lowest BCUT2D eigenvalue weighted by molar-refractivity contribution is -0.118. The minimum atomic E-state index is -0.414. The third-order valence-corrected chi connectivity index (χ3v) is 8.36. The van der Waals surface area contributed by atoms with Gasteiger partial charge in [0, 0.05) is 36.2 Å². The molecule has 2 aliphatic rings. The molecule has 40 heavy (non-hydrogen) atoms. The maximum atomic E-state index is 14.0. The first-order valence-corrected chi connectivity index (χ1v) is 14.5. The van der Waals surface area contributed by atoms with Gasteiger partial charge in [-0.3, -0.25) is 4.79 Å². The number of carbonyl (C=O) groups excluding carboxylic acids is 1. The number of fused-ring (bicyclic) bond motifs is 1. The van der Waals surface area contributed by atoms with Gasteiger partial charge in [0.25, 0.3) is 5.91 Å². The number of nitrogens with one attached hydrogen (secondary N) is 1. The molecule has 1 atom stereocenters. The number of rotatable bonds is 9. The summed E-state index contributed by atoms with van der Waals surface area (Å²) in [6.45, 7) is 1.24. The Morgan fingerprint density at radius 2 is 1.73 bits per heavy atom. The molecule has 6 nitrogen and oxygen atoms in total. The smallest absolute Gasteiger partial charge is 0.251 e. The van der Waals surface area contributed by atoms with Gasteiger partial charge in [0.2, 0.25) is 0 Å². The average Bonchev–Trinajstić information content (AvgIpc) is 3.35. The Hall–Kier alpha value is -3.23. The van der Waals surface area contributed by atoms with Gasteiger partial charge in [-0.15, -0.1) is 0 Å². The molecule has 1 amide bonds. The Bertz CT molecular complexity index is 1470. The van der Waals surface area contributed by atoms with E-state index < -0.39 is 6.04 Å². The fraction of sp³-hybridized carbons (Fsp3) is 0.226. The first-order chi connectivity index (χ1) is 19.4. The van der Waals surface area contributed by atoms with Crippen LogP contribution in [0.4, 0.5) is 0 Å². The summed E-state index contributed by atoms with van der Waals surface area (Å²) >= 11 is 14.7. The highest BCUT2D eigenvalue weighted by molar-refractivity contribution is 8.22. The van der Waals surface area contributed by atoms with E-state index in [2.05, 4.69) is 22.3 Å². The lowest BCUT2D eigenvalue weighted by Gasteiger charge is -2.34. The number of nitrogens with zero attached hydrogens (tertiary/aromatic N) is 3. The molecule has 1 unspecified atom stereocenters. The van der Waals surface area contributed by atoms with Gasteiger partial charge in [-0.2, -0.15) is 0 Å². The van der Waals surface area contributed by atoms with Gasteiger partial charge in [-0.05, 0) is 61.2 Å². The summed E-state index contributed by atoms with van der Waals surface area (Å²) in [7, 11) is 5.61. The number of methoxy groups -OCH3 is 1. The molecular formula is C31H30Cl2N4O2S. The highest BCUT2D eigenvalue weighted by Crippen LogP contribution is 2.49. The number of ether oxygens (including phenoxy) is 1. The van der Waals surface area contributed by atoms with E-state index in [9.17, 15) is 4.79 Å². The number of hydrogen-bond donors (Lipinski definition) is 1. The van der Waals surface area contributed by atoms with Crippen LogP contribution >= 0.6 is 35.0 Å². The Kier molecular flexibility index (Phi) is 8.86. The first-order valence-electron chi connectivity index (χ1n) is 12.9. The minimum Gasteiger partial charge on any atom is -0.497 e.